The molecular weight excluding hydrogens is 407 g/mol. The Labute approximate surface area is 177 Å². The Bertz CT molecular complexity index is 1060. The summed E-state index contributed by atoms with van der Waals surface area (Å²) in [5, 5.41) is 10.2. The van der Waals surface area contributed by atoms with Crippen LogP contribution in [0.4, 0.5) is 4.39 Å². The van der Waals surface area contributed by atoms with E-state index in [1.807, 2.05) is 19.1 Å². The first-order valence-electron chi connectivity index (χ1n) is 9.98. The number of hydrogen-bond donors (Lipinski definition) is 2. The molecule has 0 atom stereocenters. The van der Waals surface area contributed by atoms with E-state index in [4.69, 9.17) is 0 Å². The van der Waals surface area contributed by atoms with Gasteiger partial charge in [-0.25, -0.2) is 4.39 Å². The normalized spacial score (nSPS) is 19.0. The van der Waals surface area contributed by atoms with Crippen LogP contribution in [-0.2, 0) is 6.54 Å². The van der Waals surface area contributed by atoms with Gasteiger partial charge < -0.3 is 10.6 Å². The van der Waals surface area contributed by atoms with Crippen LogP contribution in [0.1, 0.15) is 52.1 Å². The Kier molecular flexibility index (Phi) is 6.03. The third kappa shape index (κ3) is 4.33. The number of rotatable bonds is 6. The summed E-state index contributed by atoms with van der Waals surface area (Å²) in [6, 6.07) is 5.44. The molecule has 2 aromatic heterocycles. The van der Waals surface area contributed by atoms with E-state index in [-0.39, 0.29) is 30.4 Å². The minimum atomic E-state index is -0.522. The summed E-state index contributed by atoms with van der Waals surface area (Å²) in [4.78, 5) is 25.2. The Morgan fingerprint density at radius 2 is 1.80 bits per heavy atom. The molecule has 1 fully saturated rings. The van der Waals surface area contributed by atoms with Gasteiger partial charge in [0, 0.05) is 18.3 Å². The Hall–Kier alpha value is -2.88. The van der Waals surface area contributed by atoms with Crippen LogP contribution in [0.5, 0.6) is 0 Å². The van der Waals surface area contributed by atoms with Gasteiger partial charge in [0.1, 0.15) is 23.4 Å². The highest BCUT2D eigenvalue weighted by Gasteiger charge is 2.26. The summed E-state index contributed by atoms with van der Waals surface area (Å²) in [6.45, 7) is 1.52. The van der Waals surface area contributed by atoms with Gasteiger partial charge in [0.15, 0.2) is 0 Å². The summed E-state index contributed by atoms with van der Waals surface area (Å²) in [5.41, 5.74) is 3.13. The maximum absolute atomic E-state index is 12.9. The third-order valence-corrected chi connectivity index (χ3v) is 5.99. The molecule has 0 radical (unpaired) electrons. The lowest BCUT2D eigenvalue weighted by Crippen LogP contribution is -2.44. The largest absolute Gasteiger partial charge is 0.349 e. The van der Waals surface area contributed by atoms with E-state index < -0.39 is 6.67 Å². The molecule has 158 valence electrons. The van der Waals surface area contributed by atoms with Crippen LogP contribution < -0.4 is 10.6 Å². The minimum Gasteiger partial charge on any atom is -0.349 e. The first kappa shape index (κ1) is 20.4. The molecule has 0 bridgehead atoms. The van der Waals surface area contributed by atoms with Gasteiger partial charge in [0.25, 0.3) is 11.8 Å². The number of aromatic nitrogens is 4. The van der Waals surface area contributed by atoms with Crippen molar-refractivity contribution in [2.45, 2.75) is 51.2 Å². The van der Waals surface area contributed by atoms with E-state index in [0.717, 1.165) is 48.5 Å². The number of amides is 2. The fourth-order valence-corrected chi connectivity index (χ4v) is 4.37. The Morgan fingerprint density at radius 3 is 2.50 bits per heavy atom. The van der Waals surface area contributed by atoms with E-state index >= 15 is 0 Å². The topological polar surface area (TPSA) is 102 Å². The van der Waals surface area contributed by atoms with Gasteiger partial charge in [-0.1, -0.05) is 6.07 Å². The van der Waals surface area contributed by atoms with Crippen molar-refractivity contribution >= 4 is 34.6 Å². The van der Waals surface area contributed by atoms with Gasteiger partial charge in [-0.15, -0.1) is 0 Å². The molecular formula is C20H23FN6O2S. The number of benzene rings is 1. The summed E-state index contributed by atoms with van der Waals surface area (Å²) >= 11 is 1.10. The SMILES string of the molecule is Cc1ccc2nsnc2c1C(=O)NC1CCC(NC(=O)c2ccn(CCF)n2)CC1. The van der Waals surface area contributed by atoms with Gasteiger partial charge in [0.2, 0.25) is 0 Å². The van der Waals surface area contributed by atoms with Crippen molar-refractivity contribution in [3.8, 4) is 0 Å². The molecule has 2 heterocycles. The van der Waals surface area contributed by atoms with E-state index in [2.05, 4.69) is 24.5 Å². The van der Waals surface area contributed by atoms with Crippen molar-refractivity contribution < 1.29 is 14.0 Å². The van der Waals surface area contributed by atoms with Crippen molar-refractivity contribution in [3.63, 3.8) is 0 Å². The van der Waals surface area contributed by atoms with E-state index in [9.17, 15) is 14.0 Å². The lowest BCUT2D eigenvalue weighted by molar-refractivity contribution is 0.0889. The lowest BCUT2D eigenvalue weighted by atomic mass is 9.90. The molecule has 1 saturated carbocycles. The third-order valence-electron chi connectivity index (χ3n) is 5.45. The number of fused-ring (bicyclic) bond motifs is 1. The highest BCUT2D eigenvalue weighted by Crippen LogP contribution is 2.23. The van der Waals surface area contributed by atoms with E-state index in [1.165, 1.54) is 4.68 Å². The van der Waals surface area contributed by atoms with Crippen LogP contribution in [0.2, 0.25) is 0 Å². The zero-order valence-electron chi connectivity index (χ0n) is 16.6. The lowest BCUT2D eigenvalue weighted by Gasteiger charge is -2.29. The molecule has 0 aliphatic heterocycles. The van der Waals surface area contributed by atoms with Crippen LogP contribution in [-0.4, -0.2) is 49.1 Å². The number of carbonyl (C=O) groups is 2. The smallest absolute Gasteiger partial charge is 0.271 e. The highest BCUT2D eigenvalue weighted by molar-refractivity contribution is 7.00. The monoisotopic (exact) mass is 430 g/mol. The number of nitrogens with zero attached hydrogens (tertiary/aromatic N) is 4. The Morgan fingerprint density at radius 1 is 1.10 bits per heavy atom. The van der Waals surface area contributed by atoms with Gasteiger partial charge >= 0.3 is 0 Å². The second kappa shape index (κ2) is 8.86. The van der Waals surface area contributed by atoms with Crippen molar-refractivity contribution in [3.05, 3.63) is 41.2 Å². The van der Waals surface area contributed by atoms with E-state index in [0.29, 0.717) is 16.8 Å². The molecule has 8 nitrogen and oxygen atoms in total. The van der Waals surface area contributed by atoms with Gasteiger partial charge in [0.05, 0.1) is 23.8 Å². The molecule has 4 rings (SSSR count). The quantitative estimate of drug-likeness (QED) is 0.626. The standard InChI is InChI=1S/C20H23FN6O2S/c1-12-2-7-15-18(26-30-25-15)17(12)20(29)23-14-5-3-13(4-6-14)22-19(28)16-8-10-27(24-16)11-9-21/h2,7-8,10,13-14H,3-6,9,11H2,1H3,(H,22,28)(H,23,29). The number of nitrogens with one attached hydrogen (secondary N) is 2. The second-order valence-electron chi connectivity index (χ2n) is 7.54. The van der Waals surface area contributed by atoms with Crippen LogP contribution in [0.15, 0.2) is 24.4 Å². The first-order chi connectivity index (χ1) is 14.5. The molecule has 0 saturated heterocycles. The molecule has 1 aliphatic carbocycles. The maximum atomic E-state index is 12.9. The van der Waals surface area contributed by atoms with Crippen molar-refractivity contribution in [2.75, 3.05) is 6.67 Å². The molecule has 1 aliphatic rings. The van der Waals surface area contributed by atoms with Gasteiger partial charge in [-0.2, -0.15) is 13.8 Å². The molecule has 0 unspecified atom stereocenters. The summed E-state index contributed by atoms with van der Waals surface area (Å²) < 4.78 is 22.3. The number of carbonyl (C=O) groups excluding carboxylic acids is 2. The summed E-state index contributed by atoms with van der Waals surface area (Å²) in [7, 11) is 0. The molecule has 0 spiro atoms. The molecule has 10 heteroatoms. The zero-order chi connectivity index (χ0) is 21.1. The van der Waals surface area contributed by atoms with Crippen molar-refractivity contribution in [1.29, 1.82) is 0 Å². The minimum absolute atomic E-state index is 0.0323. The molecule has 1 aromatic carbocycles. The fraction of sp³-hybridized carbons (Fsp3) is 0.450. The van der Waals surface area contributed by atoms with Crippen molar-refractivity contribution in [2.24, 2.45) is 0 Å². The first-order valence-corrected chi connectivity index (χ1v) is 10.7. The average Bonchev–Trinajstić information content (AvgIpc) is 3.39. The van der Waals surface area contributed by atoms with Gasteiger partial charge in [-0.3, -0.25) is 14.3 Å². The molecule has 30 heavy (non-hydrogen) atoms. The van der Waals surface area contributed by atoms with Crippen LogP contribution in [0.25, 0.3) is 11.0 Å². The molecule has 2 amide bonds. The maximum Gasteiger partial charge on any atom is 0.271 e. The zero-order valence-corrected chi connectivity index (χ0v) is 17.4. The van der Waals surface area contributed by atoms with Crippen molar-refractivity contribution in [1.82, 2.24) is 29.2 Å². The number of halogens is 1. The summed E-state index contributed by atoms with van der Waals surface area (Å²) in [5.74, 6) is -0.380. The van der Waals surface area contributed by atoms with Gasteiger partial charge in [-0.05, 0) is 50.3 Å². The number of aryl methyl sites for hydroxylation is 2. The van der Waals surface area contributed by atoms with E-state index in [1.54, 1.807) is 12.3 Å². The van der Waals surface area contributed by atoms with Crippen LogP contribution >= 0.6 is 11.7 Å². The van der Waals surface area contributed by atoms with Crippen LogP contribution in [0.3, 0.4) is 0 Å². The molecule has 2 N–H and O–H groups in total. The summed E-state index contributed by atoms with van der Waals surface area (Å²) in [6.07, 6.45) is 4.68. The highest BCUT2D eigenvalue weighted by atomic mass is 32.1. The second-order valence-corrected chi connectivity index (χ2v) is 8.07. The molecule has 3 aromatic rings. The predicted octanol–water partition coefficient (Wildman–Crippen LogP) is 2.64. The fourth-order valence-electron chi connectivity index (χ4n) is 3.83. The number of hydrogen-bond acceptors (Lipinski definition) is 6. The Balaban J connectivity index is 1.31. The number of alkyl halides is 1. The average molecular weight is 431 g/mol. The predicted molar refractivity (Wildman–Crippen MR) is 111 cm³/mol. The van der Waals surface area contributed by atoms with Crippen LogP contribution in [0, 0.1) is 6.92 Å².